The van der Waals surface area contributed by atoms with Gasteiger partial charge >= 0.3 is 0 Å². The van der Waals surface area contributed by atoms with Crippen LogP contribution in [0.25, 0.3) is 5.69 Å². The van der Waals surface area contributed by atoms with E-state index >= 15 is 0 Å². The molecule has 1 amide bonds. The maximum absolute atomic E-state index is 14.0. The molecule has 0 aliphatic heterocycles. The number of hydrogen-bond acceptors (Lipinski definition) is 4. The molecule has 1 N–H and O–H groups in total. The Balaban J connectivity index is 1.38. The molecule has 0 spiro atoms. The first-order valence-corrected chi connectivity index (χ1v) is 10.8. The van der Waals surface area contributed by atoms with Crippen LogP contribution in [0, 0.1) is 5.82 Å². The van der Waals surface area contributed by atoms with E-state index in [2.05, 4.69) is 33.7 Å². The van der Waals surface area contributed by atoms with E-state index in [1.807, 2.05) is 6.92 Å². The highest BCUT2D eigenvalue weighted by Crippen LogP contribution is 2.25. The van der Waals surface area contributed by atoms with Gasteiger partial charge in [0, 0.05) is 0 Å². The van der Waals surface area contributed by atoms with E-state index in [-0.39, 0.29) is 23.5 Å². The molecule has 29 heavy (non-hydrogen) atoms. The van der Waals surface area contributed by atoms with E-state index in [0.29, 0.717) is 10.8 Å². The molecule has 0 bridgehead atoms. The molecule has 5 nitrogen and oxygen atoms in total. The quantitative estimate of drug-likeness (QED) is 0.617. The van der Waals surface area contributed by atoms with Gasteiger partial charge in [0.1, 0.15) is 12.1 Å². The van der Waals surface area contributed by atoms with Gasteiger partial charge in [-0.15, -0.1) is 10.2 Å². The smallest absolute Gasteiger partial charge is 0.230 e. The minimum atomic E-state index is -0.361. The Morgan fingerprint density at radius 1 is 1.21 bits per heavy atom. The van der Waals surface area contributed by atoms with Crippen LogP contribution in [0.5, 0.6) is 0 Å². The van der Waals surface area contributed by atoms with E-state index in [1.165, 1.54) is 48.1 Å². The second kappa shape index (κ2) is 8.78. The summed E-state index contributed by atoms with van der Waals surface area (Å²) in [6, 6.07) is 12.9. The van der Waals surface area contributed by atoms with Crippen molar-refractivity contribution < 1.29 is 9.18 Å². The fourth-order valence-corrected chi connectivity index (χ4v) is 4.39. The molecular weight excluding hydrogens is 387 g/mol. The van der Waals surface area contributed by atoms with Crippen LogP contribution in [0.1, 0.15) is 42.5 Å². The summed E-state index contributed by atoms with van der Waals surface area (Å²) in [6.45, 7) is 2.00. The lowest BCUT2D eigenvalue weighted by Crippen LogP contribution is -2.28. The van der Waals surface area contributed by atoms with Crippen LogP contribution in [-0.4, -0.2) is 26.4 Å². The van der Waals surface area contributed by atoms with Crippen LogP contribution in [0.2, 0.25) is 0 Å². The first-order valence-electron chi connectivity index (χ1n) is 9.80. The Bertz CT molecular complexity index is 1020. The molecular formula is C22H23FN4OS. The summed E-state index contributed by atoms with van der Waals surface area (Å²) < 4.78 is 15.6. The number of thioether (sulfide) groups is 1. The molecule has 4 rings (SSSR count). The molecule has 1 aromatic heterocycles. The normalized spacial score (nSPS) is 14.3. The SMILES string of the molecule is C[C@@H](NC(=O)CSc1nncn1-c1ccccc1F)c1ccc2c(c1)CCCC2. The summed E-state index contributed by atoms with van der Waals surface area (Å²) in [5, 5.41) is 11.4. The molecule has 0 fully saturated rings. The van der Waals surface area contributed by atoms with Crippen LogP contribution in [0.15, 0.2) is 53.9 Å². The van der Waals surface area contributed by atoms with E-state index in [4.69, 9.17) is 0 Å². The fourth-order valence-electron chi connectivity index (χ4n) is 3.65. The monoisotopic (exact) mass is 410 g/mol. The number of aryl methyl sites for hydroxylation is 2. The predicted molar refractivity (Wildman–Crippen MR) is 112 cm³/mol. The maximum Gasteiger partial charge on any atom is 0.230 e. The summed E-state index contributed by atoms with van der Waals surface area (Å²) >= 11 is 1.24. The van der Waals surface area contributed by atoms with Gasteiger partial charge in [-0.3, -0.25) is 9.36 Å². The van der Waals surface area contributed by atoms with E-state index in [9.17, 15) is 9.18 Å². The lowest BCUT2D eigenvalue weighted by Gasteiger charge is -2.20. The highest BCUT2D eigenvalue weighted by molar-refractivity contribution is 7.99. The minimum absolute atomic E-state index is 0.0697. The summed E-state index contributed by atoms with van der Waals surface area (Å²) in [6.07, 6.45) is 6.21. The third-order valence-electron chi connectivity index (χ3n) is 5.21. The first-order chi connectivity index (χ1) is 14.1. The average Bonchev–Trinajstić information content (AvgIpc) is 3.20. The Morgan fingerprint density at radius 3 is 2.83 bits per heavy atom. The number of nitrogens with zero attached hydrogens (tertiary/aromatic N) is 3. The van der Waals surface area contributed by atoms with Gasteiger partial charge in [-0.25, -0.2) is 4.39 Å². The maximum atomic E-state index is 14.0. The number of aromatic nitrogens is 3. The highest BCUT2D eigenvalue weighted by Gasteiger charge is 2.16. The van der Waals surface area contributed by atoms with Crippen LogP contribution < -0.4 is 5.32 Å². The summed E-state index contributed by atoms with van der Waals surface area (Å²) in [4.78, 5) is 12.5. The summed E-state index contributed by atoms with van der Waals surface area (Å²) in [5.74, 6) is -0.273. The third kappa shape index (κ3) is 4.50. The van der Waals surface area contributed by atoms with Crippen molar-refractivity contribution in [2.75, 3.05) is 5.75 Å². The first kappa shape index (κ1) is 19.6. The lowest BCUT2D eigenvalue weighted by atomic mass is 9.89. The Kier molecular flexibility index (Phi) is 5.94. The van der Waals surface area contributed by atoms with Crippen molar-refractivity contribution in [1.29, 1.82) is 0 Å². The second-order valence-corrected chi connectivity index (χ2v) is 8.19. The van der Waals surface area contributed by atoms with Crippen molar-refractivity contribution >= 4 is 17.7 Å². The fraction of sp³-hybridized carbons (Fsp3) is 0.318. The molecule has 0 saturated carbocycles. The summed E-state index contributed by atoms with van der Waals surface area (Å²) in [7, 11) is 0. The van der Waals surface area contributed by atoms with Crippen LogP contribution in [0.3, 0.4) is 0 Å². The number of rotatable bonds is 6. The van der Waals surface area contributed by atoms with Crippen molar-refractivity contribution in [3.05, 3.63) is 71.3 Å². The van der Waals surface area contributed by atoms with Crippen molar-refractivity contribution in [2.24, 2.45) is 0 Å². The molecule has 0 saturated heterocycles. The largest absolute Gasteiger partial charge is 0.349 e. The third-order valence-corrected chi connectivity index (χ3v) is 6.15. The number of halogens is 1. The number of amides is 1. The van der Waals surface area contributed by atoms with Crippen molar-refractivity contribution in [2.45, 2.75) is 43.8 Å². The van der Waals surface area contributed by atoms with E-state index < -0.39 is 0 Å². The van der Waals surface area contributed by atoms with Gasteiger partial charge in [0.15, 0.2) is 5.16 Å². The molecule has 0 unspecified atom stereocenters. The number of carbonyl (C=O) groups is 1. The van der Waals surface area contributed by atoms with Crippen molar-refractivity contribution in [1.82, 2.24) is 20.1 Å². The van der Waals surface area contributed by atoms with Crippen LogP contribution in [0.4, 0.5) is 4.39 Å². The molecule has 1 heterocycles. The number of fused-ring (bicyclic) bond motifs is 1. The topological polar surface area (TPSA) is 59.8 Å². The van der Waals surface area contributed by atoms with Gasteiger partial charge in [-0.05, 0) is 61.4 Å². The molecule has 1 aliphatic rings. The van der Waals surface area contributed by atoms with Crippen molar-refractivity contribution in [3.63, 3.8) is 0 Å². The molecule has 0 radical (unpaired) electrons. The zero-order valence-electron chi connectivity index (χ0n) is 16.3. The van der Waals surface area contributed by atoms with Crippen molar-refractivity contribution in [3.8, 4) is 5.69 Å². The highest BCUT2D eigenvalue weighted by atomic mass is 32.2. The lowest BCUT2D eigenvalue weighted by molar-refractivity contribution is -0.119. The average molecular weight is 411 g/mol. The second-order valence-electron chi connectivity index (χ2n) is 7.25. The Morgan fingerprint density at radius 2 is 2.00 bits per heavy atom. The zero-order valence-corrected chi connectivity index (χ0v) is 17.1. The zero-order chi connectivity index (χ0) is 20.2. The number of hydrogen-bond donors (Lipinski definition) is 1. The van der Waals surface area contributed by atoms with Crippen LogP contribution in [-0.2, 0) is 17.6 Å². The Hall–Kier alpha value is -2.67. The summed E-state index contributed by atoms with van der Waals surface area (Å²) in [5.41, 5.74) is 4.32. The minimum Gasteiger partial charge on any atom is -0.349 e. The molecule has 1 atom stereocenters. The van der Waals surface area contributed by atoms with E-state index in [0.717, 1.165) is 18.4 Å². The molecule has 2 aromatic carbocycles. The molecule has 150 valence electrons. The van der Waals surface area contributed by atoms with Gasteiger partial charge in [0.05, 0.1) is 17.5 Å². The number of nitrogens with one attached hydrogen (secondary N) is 1. The van der Waals surface area contributed by atoms with E-state index in [1.54, 1.807) is 22.8 Å². The van der Waals surface area contributed by atoms with Gasteiger partial charge in [-0.2, -0.15) is 0 Å². The van der Waals surface area contributed by atoms with Gasteiger partial charge < -0.3 is 5.32 Å². The van der Waals surface area contributed by atoms with Crippen LogP contribution >= 0.6 is 11.8 Å². The Labute approximate surface area is 173 Å². The number of benzene rings is 2. The molecule has 1 aliphatic carbocycles. The predicted octanol–water partition coefficient (Wildman–Crippen LogP) is 4.25. The van der Waals surface area contributed by atoms with Gasteiger partial charge in [-0.1, -0.05) is 42.1 Å². The molecule has 3 aromatic rings. The van der Waals surface area contributed by atoms with Gasteiger partial charge in [0.25, 0.3) is 0 Å². The standard InChI is InChI=1S/C22H23FN4OS/c1-15(17-11-10-16-6-2-3-7-18(16)12-17)25-21(28)13-29-22-26-24-14-27(22)20-9-5-4-8-19(20)23/h4-5,8-12,14-15H,2-3,6-7,13H2,1H3,(H,25,28)/t15-/m1/s1. The van der Waals surface area contributed by atoms with Gasteiger partial charge in [0.2, 0.25) is 5.91 Å². The number of carbonyl (C=O) groups excluding carboxylic acids is 1. The molecule has 7 heteroatoms. The number of para-hydroxylation sites is 1.